The van der Waals surface area contributed by atoms with Gasteiger partial charge in [-0.2, -0.15) is 0 Å². The Morgan fingerprint density at radius 2 is 2.29 bits per heavy atom. The van der Waals surface area contributed by atoms with E-state index >= 15 is 0 Å². The molecule has 0 aliphatic rings. The third-order valence-corrected chi connectivity index (χ3v) is 3.23. The summed E-state index contributed by atoms with van der Waals surface area (Å²) in [5, 5.41) is 0.972. The van der Waals surface area contributed by atoms with Gasteiger partial charge in [0.15, 0.2) is 0 Å². The van der Waals surface area contributed by atoms with Crippen molar-refractivity contribution in [2.24, 2.45) is 0 Å². The Morgan fingerprint density at radius 1 is 1.47 bits per heavy atom. The molecule has 0 N–H and O–H groups in total. The highest BCUT2D eigenvalue weighted by molar-refractivity contribution is 7.19. The molecule has 0 radical (unpaired) electrons. The second kappa shape index (κ2) is 5.10. The second-order valence-corrected chi connectivity index (χ2v) is 4.53. The maximum Gasteiger partial charge on any atom is 0.330 e. The van der Waals surface area contributed by atoms with Gasteiger partial charge in [0.05, 0.1) is 6.61 Å². The molecule has 0 spiro atoms. The highest BCUT2D eigenvalue weighted by atomic mass is 32.1. The van der Waals surface area contributed by atoms with E-state index in [1.165, 1.54) is 29.5 Å². The molecule has 0 unspecified atom stereocenters. The first kappa shape index (κ1) is 11.8. The Bertz CT molecular complexity index is 572. The van der Waals surface area contributed by atoms with Gasteiger partial charge in [-0.25, -0.2) is 9.18 Å². The summed E-state index contributed by atoms with van der Waals surface area (Å²) >= 11 is 1.44. The van der Waals surface area contributed by atoms with Gasteiger partial charge >= 0.3 is 5.97 Å². The van der Waals surface area contributed by atoms with E-state index in [4.69, 9.17) is 4.74 Å². The van der Waals surface area contributed by atoms with Gasteiger partial charge in [0.2, 0.25) is 0 Å². The van der Waals surface area contributed by atoms with E-state index in [1.807, 2.05) is 6.07 Å². The van der Waals surface area contributed by atoms with Crippen molar-refractivity contribution in [2.45, 2.75) is 6.92 Å². The summed E-state index contributed by atoms with van der Waals surface area (Å²) in [6.45, 7) is 2.12. The number of fused-ring (bicyclic) bond motifs is 1. The zero-order valence-corrected chi connectivity index (χ0v) is 10.1. The van der Waals surface area contributed by atoms with Crippen LogP contribution in [-0.2, 0) is 9.53 Å². The molecule has 0 saturated carbocycles. The maximum atomic E-state index is 13.0. The molecule has 4 heteroatoms. The van der Waals surface area contributed by atoms with Crippen LogP contribution in [0.2, 0.25) is 0 Å². The lowest BCUT2D eigenvalue weighted by Gasteiger charge is -1.93. The van der Waals surface area contributed by atoms with Crippen LogP contribution < -0.4 is 0 Å². The van der Waals surface area contributed by atoms with Gasteiger partial charge < -0.3 is 4.74 Å². The number of thiophene rings is 1. The van der Waals surface area contributed by atoms with Gasteiger partial charge in [-0.3, -0.25) is 0 Å². The van der Waals surface area contributed by atoms with Crippen LogP contribution in [0.5, 0.6) is 0 Å². The minimum Gasteiger partial charge on any atom is -0.463 e. The van der Waals surface area contributed by atoms with Crippen LogP contribution in [0, 0.1) is 5.82 Å². The molecule has 0 aliphatic carbocycles. The molecule has 0 aliphatic heterocycles. The second-order valence-electron chi connectivity index (χ2n) is 3.42. The average Bonchev–Trinajstić information content (AvgIpc) is 2.68. The minimum atomic E-state index is -0.365. The quantitative estimate of drug-likeness (QED) is 0.614. The summed E-state index contributed by atoms with van der Waals surface area (Å²) in [7, 11) is 0. The number of esters is 1. The molecule has 1 heterocycles. The topological polar surface area (TPSA) is 26.3 Å². The number of carbonyl (C=O) groups is 1. The van der Waals surface area contributed by atoms with Crippen molar-refractivity contribution in [3.8, 4) is 0 Å². The maximum absolute atomic E-state index is 13.0. The van der Waals surface area contributed by atoms with Gasteiger partial charge in [-0.05, 0) is 36.6 Å². The van der Waals surface area contributed by atoms with Crippen LogP contribution >= 0.6 is 11.3 Å². The largest absolute Gasteiger partial charge is 0.463 e. The number of carbonyl (C=O) groups excluding carboxylic acids is 1. The fourth-order valence-corrected chi connectivity index (χ4v) is 2.44. The van der Waals surface area contributed by atoms with Crippen LogP contribution in [0.15, 0.2) is 30.3 Å². The lowest BCUT2D eigenvalue weighted by molar-refractivity contribution is -0.137. The highest BCUT2D eigenvalue weighted by Gasteiger charge is 2.01. The lowest BCUT2D eigenvalue weighted by Crippen LogP contribution is -1.98. The number of hydrogen-bond acceptors (Lipinski definition) is 3. The van der Waals surface area contributed by atoms with Crippen molar-refractivity contribution in [3.63, 3.8) is 0 Å². The molecular weight excluding hydrogens is 239 g/mol. The van der Waals surface area contributed by atoms with Crippen molar-refractivity contribution in [1.29, 1.82) is 0 Å². The molecule has 1 aromatic carbocycles. The predicted octanol–water partition coefficient (Wildman–Crippen LogP) is 3.62. The Balaban J connectivity index is 2.22. The summed E-state index contributed by atoms with van der Waals surface area (Å²) in [5.74, 6) is -0.614. The first-order valence-corrected chi connectivity index (χ1v) is 6.04. The highest BCUT2D eigenvalue weighted by Crippen LogP contribution is 2.27. The molecule has 0 atom stereocenters. The molecule has 0 bridgehead atoms. The molecule has 1 aromatic heterocycles. The van der Waals surface area contributed by atoms with Crippen molar-refractivity contribution in [3.05, 3.63) is 41.0 Å². The monoisotopic (exact) mass is 250 g/mol. The minimum absolute atomic E-state index is 0.250. The van der Waals surface area contributed by atoms with E-state index in [0.717, 1.165) is 15.0 Å². The summed E-state index contributed by atoms with van der Waals surface area (Å²) in [5.41, 5.74) is 0. The van der Waals surface area contributed by atoms with E-state index in [0.29, 0.717) is 6.61 Å². The number of rotatable bonds is 3. The van der Waals surface area contributed by atoms with Crippen molar-refractivity contribution >= 4 is 33.5 Å². The van der Waals surface area contributed by atoms with Gasteiger partial charge in [0.1, 0.15) is 5.82 Å². The molecular formula is C13H11FO2S. The predicted molar refractivity (Wildman–Crippen MR) is 67.5 cm³/mol. The molecule has 2 rings (SSSR count). The Morgan fingerprint density at radius 3 is 3.06 bits per heavy atom. The van der Waals surface area contributed by atoms with Crippen molar-refractivity contribution in [2.75, 3.05) is 6.61 Å². The number of benzene rings is 1. The molecule has 88 valence electrons. The summed E-state index contributed by atoms with van der Waals surface area (Å²) in [6, 6.07) is 6.55. The van der Waals surface area contributed by atoms with Gasteiger partial charge in [0, 0.05) is 15.7 Å². The third-order valence-electron chi connectivity index (χ3n) is 2.17. The van der Waals surface area contributed by atoms with Crippen molar-refractivity contribution in [1.82, 2.24) is 0 Å². The van der Waals surface area contributed by atoms with Crippen molar-refractivity contribution < 1.29 is 13.9 Å². The molecule has 0 fully saturated rings. The lowest BCUT2D eigenvalue weighted by atomic mass is 10.2. The molecule has 0 saturated heterocycles. The van der Waals surface area contributed by atoms with Gasteiger partial charge in [-0.1, -0.05) is 6.07 Å². The fraction of sp³-hybridized carbons (Fsp3) is 0.154. The Labute approximate surface area is 102 Å². The summed E-state index contributed by atoms with van der Waals surface area (Å²) < 4.78 is 18.6. The third kappa shape index (κ3) is 2.91. The van der Waals surface area contributed by atoms with E-state index in [1.54, 1.807) is 19.1 Å². The molecule has 2 nitrogen and oxygen atoms in total. The van der Waals surface area contributed by atoms with Crippen LogP contribution in [0.1, 0.15) is 11.8 Å². The number of halogens is 1. The van der Waals surface area contributed by atoms with E-state index in [9.17, 15) is 9.18 Å². The van der Waals surface area contributed by atoms with Crippen LogP contribution in [0.4, 0.5) is 4.39 Å². The van der Waals surface area contributed by atoms with E-state index in [2.05, 4.69) is 0 Å². The first-order valence-electron chi connectivity index (χ1n) is 5.23. The zero-order chi connectivity index (χ0) is 12.3. The van der Waals surface area contributed by atoms with Gasteiger partial charge in [-0.15, -0.1) is 11.3 Å². The summed E-state index contributed by atoms with van der Waals surface area (Å²) in [4.78, 5) is 12.0. The molecule has 0 amide bonds. The Kier molecular flexibility index (Phi) is 3.54. The molecule has 17 heavy (non-hydrogen) atoms. The van der Waals surface area contributed by atoms with Crippen LogP contribution in [-0.4, -0.2) is 12.6 Å². The van der Waals surface area contributed by atoms with Crippen LogP contribution in [0.3, 0.4) is 0 Å². The number of ether oxygens (including phenoxy) is 1. The summed E-state index contributed by atoms with van der Waals surface area (Å²) in [6.07, 6.45) is 3.06. The number of hydrogen-bond donors (Lipinski definition) is 0. The Hall–Kier alpha value is -1.68. The fourth-order valence-electron chi connectivity index (χ4n) is 1.45. The smallest absolute Gasteiger partial charge is 0.330 e. The molecule has 2 aromatic rings. The standard InChI is InChI=1S/C13H11FO2S/c1-2-16-13(15)6-5-11-7-9-3-4-10(14)8-12(9)17-11/h3-8H,2H2,1H3/b6-5+. The zero-order valence-electron chi connectivity index (χ0n) is 9.27. The SMILES string of the molecule is CCOC(=O)/C=C/c1cc2ccc(F)cc2s1. The first-order chi connectivity index (χ1) is 8.19. The average molecular weight is 250 g/mol. The van der Waals surface area contributed by atoms with E-state index in [-0.39, 0.29) is 11.8 Å². The normalized spacial score (nSPS) is 11.2. The van der Waals surface area contributed by atoms with Gasteiger partial charge in [0.25, 0.3) is 0 Å². The van der Waals surface area contributed by atoms with E-state index < -0.39 is 0 Å². The van der Waals surface area contributed by atoms with Crippen LogP contribution in [0.25, 0.3) is 16.2 Å².